The van der Waals surface area contributed by atoms with Crippen molar-refractivity contribution in [2.75, 3.05) is 5.43 Å². The molecule has 2 rings (SSSR count). The SMILES string of the molecule is Cc1cc(NN=Cc2cccs2)c([N+](=O)[O-])cc1[N+](=O)[O-]. The molecule has 1 aromatic carbocycles. The Labute approximate surface area is 123 Å². The summed E-state index contributed by atoms with van der Waals surface area (Å²) in [5, 5.41) is 27.6. The van der Waals surface area contributed by atoms with Gasteiger partial charge in [-0.2, -0.15) is 5.10 Å². The van der Waals surface area contributed by atoms with Gasteiger partial charge in [0.2, 0.25) is 0 Å². The fourth-order valence-corrected chi connectivity index (χ4v) is 2.24. The van der Waals surface area contributed by atoms with E-state index in [1.54, 1.807) is 0 Å². The number of rotatable bonds is 5. The summed E-state index contributed by atoms with van der Waals surface area (Å²) in [6.07, 6.45) is 1.52. The summed E-state index contributed by atoms with van der Waals surface area (Å²) in [4.78, 5) is 21.3. The predicted octanol–water partition coefficient (Wildman–Crippen LogP) is 3.32. The van der Waals surface area contributed by atoms with Crippen molar-refractivity contribution in [3.05, 3.63) is 60.3 Å². The standard InChI is InChI=1S/C12H10N4O4S/c1-8-5-10(14-13-7-9-3-2-4-21-9)12(16(19)20)6-11(8)15(17)18/h2-7,14H,1H3. The third kappa shape index (κ3) is 3.39. The van der Waals surface area contributed by atoms with Gasteiger partial charge in [-0.15, -0.1) is 11.3 Å². The predicted molar refractivity (Wildman–Crippen MR) is 80.0 cm³/mol. The van der Waals surface area contributed by atoms with Gasteiger partial charge in [-0.25, -0.2) is 0 Å². The lowest BCUT2D eigenvalue weighted by Gasteiger charge is -2.04. The van der Waals surface area contributed by atoms with E-state index in [-0.39, 0.29) is 11.4 Å². The molecule has 0 amide bonds. The summed E-state index contributed by atoms with van der Waals surface area (Å²) in [7, 11) is 0. The Morgan fingerprint density at radius 3 is 2.52 bits per heavy atom. The summed E-state index contributed by atoms with van der Waals surface area (Å²) < 4.78 is 0. The highest BCUT2D eigenvalue weighted by Gasteiger charge is 2.22. The van der Waals surface area contributed by atoms with Gasteiger partial charge in [-0.3, -0.25) is 25.7 Å². The highest BCUT2D eigenvalue weighted by Crippen LogP contribution is 2.32. The van der Waals surface area contributed by atoms with Crippen LogP contribution in [0.3, 0.4) is 0 Å². The van der Waals surface area contributed by atoms with Gasteiger partial charge in [-0.05, 0) is 24.4 Å². The Bertz CT molecular complexity index is 712. The van der Waals surface area contributed by atoms with Crippen molar-refractivity contribution in [1.82, 2.24) is 0 Å². The van der Waals surface area contributed by atoms with E-state index >= 15 is 0 Å². The third-order valence-corrected chi connectivity index (χ3v) is 3.43. The lowest BCUT2D eigenvalue weighted by molar-refractivity contribution is -0.394. The van der Waals surface area contributed by atoms with Crippen LogP contribution in [0.25, 0.3) is 0 Å². The molecule has 0 fully saturated rings. The minimum atomic E-state index is -0.685. The Kier molecular flexibility index (Phi) is 4.24. The quantitative estimate of drug-likeness (QED) is 0.517. The number of thiophene rings is 1. The smallest absolute Gasteiger partial charge is 0.272 e. The number of hydrogen-bond donors (Lipinski definition) is 1. The van der Waals surface area contributed by atoms with Crippen LogP contribution in [0.5, 0.6) is 0 Å². The van der Waals surface area contributed by atoms with E-state index in [4.69, 9.17) is 0 Å². The van der Waals surface area contributed by atoms with Crippen molar-refractivity contribution in [2.24, 2.45) is 5.10 Å². The van der Waals surface area contributed by atoms with Crippen LogP contribution in [0, 0.1) is 27.2 Å². The summed E-state index contributed by atoms with van der Waals surface area (Å²) in [6.45, 7) is 1.51. The summed E-state index contributed by atoms with van der Waals surface area (Å²) in [5.74, 6) is 0. The first-order chi connectivity index (χ1) is 9.99. The van der Waals surface area contributed by atoms with E-state index in [2.05, 4.69) is 10.5 Å². The second-order valence-corrected chi connectivity index (χ2v) is 5.03. The van der Waals surface area contributed by atoms with Crippen LogP contribution in [0.15, 0.2) is 34.7 Å². The second-order valence-electron chi connectivity index (χ2n) is 4.06. The molecule has 0 aliphatic carbocycles. The van der Waals surface area contributed by atoms with Crippen LogP contribution >= 0.6 is 11.3 Å². The average Bonchev–Trinajstić information content (AvgIpc) is 2.91. The van der Waals surface area contributed by atoms with Crippen molar-refractivity contribution < 1.29 is 9.85 Å². The third-order valence-electron chi connectivity index (χ3n) is 2.63. The first-order valence-electron chi connectivity index (χ1n) is 5.75. The number of hydrazone groups is 1. The molecule has 0 atom stereocenters. The molecule has 0 aliphatic rings. The maximum absolute atomic E-state index is 11.0. The molecule has 0 saturated heterocycles. The molecule has 0 aliphatic heterocycles. The van der Waals surface area contributed by atoms with Gasteiger partial charge < -0.3 is 0 Å². The molecule has 0 spiro atoms. The molecular weight excluding hydrogens is 296 g/mol. The molecule has 0 radical (unpaired) electrons. The van der Waals surface area contributed by atoms with E-state index in [1.165, 1.54) is 30.5 Å². The van der Waals surface area contributed by atoms with Crippen molar-refractivity contribution in [3.63, 3.8) is 0 Å². The summed E-state index contributed by atoms with van der Waals surface area (Å²) in [6, 6.07) is 5.95. The van der Waals surface area contributed by atoms with Crippen molar-refractivity contribution in [1.29, 1.82) is 0 Å². The normalized spacial score (nSPS) is 10.7. The number of nitro benzene ring substituents is 2. The summed E-state index contributed by atoms with van der Waals surface area (Å²) >= 11 is 1.47. The zero-order chi connectivity index (χ0) is 15.4. The van der Waals surface area contributed by atoms with Gasteiger partial charge in [0, 0.05) is 10.4 Å². The molecule has 9 heteroatoms. The first-order valence-corrected chi connectivity index (χ1v) is 6.63. The fourth-order valence-electron chi connectivity index (χ4n) is 1.65. The van der Waals surface area contributed by atoms with Crippen LogP contribution in [0.4, 0.5) is 17.1 Å². The number of benzene rings is 1. The molecule has 108 valence electrons. The number of nitrogens with zero attached hydrogens (tertiary/aromatic N) is 3. The monoisotopic (exact) mass is 306 g/mol. The molecule has 1 N–H and O–H groups in total. The maximum atomic E-state index is 11.0. The molecule has 0 unspecified atom stereocenters. The Morgan fingerprint density at radius 2 is 1.95 bits per heavy atom. The van der Waals surface area contributed by atoms with Gasteiger partial charge in [-0.1, -0.05) is 6.07 Å². The molecule has 8 nitrogen and oxygen atoms in total. The number of hydrogen-bond acceptors (Lipinski definition) is 7. The lowest BCUT2D eigenvalue weighted by Crippen LogP contribution is -2.00. The van der Waals surface area contributed by atoms with Crippen molar-refractivity contribution in [3.8, 4) is 0 Å². The second kappa shape index (κ2) is 6.09. The van der Waals surface area contributed by atoms with Gasteiger partial charge in [0.25, 0.3) is 5.69 Å². The maximum Gasteiger partial charge on any atom is 0.301 e. The zero-order valence-electron chi connectivity index (χ0n) is 10.8. The Morgan fingerprint density at radius 1 is 1.24 bits per heavy atom. The largest absolute Gasteiger partial charge is 0.301 e. The number of anilines is 1. The van der Waals surface area contributed by atoms with Gasteiger partial charge in [0.05, 0.1) is 22.1 Å². The Balaban J connectivity index is 2.32. The lowest BCUT2D eigenvalue weighted by atomic mass is 10.1. The van der Waals surface area contributed by atoms with E-state index < -0.39 is 15.5 Å². The average molecular weight is 306 g/mol. The number of aryl methyl sites for hydroxylation is 1. The minimum absolute atomic E-state index is 0.107. The first kappa shape index (κ1) is 14.6. The molecule has 0 bridgehead atoms. The van der Waals surface area contributed by atoms with Gasteiger partial charge >= 0.3 is 5.69 Å². The highest BCUT2D eigenvalue weighted by atomic mass is 32.1. The molecule has 1 heterocycles. The van der Waals surface area contributed by atoms with Crippen molar-refractivity contribution in [2.45, 2.75) is 6.92 Å². The van der Waals surface area contributed by atoms with E-state index in [0.29, 0.717) is 5.56 Å². The Hall–Kier alpha value is -2.81. The molecule has 21 heavy (non-hydrogen) atoms. The van der Waals surface area contributed by atoms with E-state index in [1.807, 2.05) is 17.5 Å². The van der Waals surface area contributed by atoms with Crippen LogP contribution in [-0.4, -0.2) is 16.1 Å². The van der Waals surface area contributed by atoms with Crippen molar-refractivity contribution >= 4 is 34.6 Å². The van der Waals surface area contributed by atoms with E-state index in [9.17, 15) is 20.2 Å². The van der Waals surface area contributed by atoms with Gasteiger partial charge in [0.1, 0.15) is 5.69 Å². The number of nitrogens with one attached hydrogen (secondary N) is 1. The molecular formula is C12H10N4O4S. The molecule has 2 aromatic rings. The molecule has 0 saturated carbocycles. The summed E-state index contributed by atoms with van der Waals surface area (Å²) in [5.41, 5.74) is 2.29. The van der Waals surface area contributed by atoms with Crippen LogP contribution in [-0.2, 0) is 0 Å². The van der Waals surface area contributed by atoms with Crippen LogP contribution in [0.2, 0.25) is 0 Å². The van der Waals surface area contributed by atoms with Crippen LogP contribution in [0.1, 0.15) is 10.4 Å². The fraction of sp³-hybridized carbons (Fsp3) is 0.0833. The minimum Gasteiger partial charge on any atom is -0.272 e. The van der Waals surface area contributed by atoms with Crippen LogP contribution < -0.4 is 5.43 Å². The van der Waals surface area contributed by atoms with Gasteiger partial charge in [0.15, 0.2) is 0 Å². The number of nitro groups is 2. The molecule has 1 aromatic heterocycles. The van der Waals surface area contributed by atoms with E-state index in [0.717, 1.165) is 10.9 Å². The zero-order valence-corrected chi connectivity index (χ0v) is 11.7. The topological polar surface area (TPSA) is 111 Å². The highest BCUT2D eigenvalue weighted by molar-refractivity contribution is 7.11.